The summed E-state index contributed by atoms with van der Waals surface area (Å²) in [4.78, 5) is 12.9. The first kappa shape index (κ1) is 25.2. The first-order valence-corrected chi connectivity index (χ1v) is 11.3. The molecular formula is C27H33N3O4. The van der Waals surface area contributed by atoms with Crippen LogP contribution >= 0.6 is 0 Å². The highest BCUT2D eigenvalue weighted by atomic mass is 16.6. The molecule has 0 unspecified atom stereocenters. The number of ether oxygens (including phenoxy) is 2. The molecule has 2 N–H and O–H groups in total. The van der Waals surface area contributed by atoms with E-state index >= 15 is 0 Å². The zero-order chi connectivity index (χ0) is 24.6. The molecule has 34 heavy (non-hydrogen) atoms. The highest BCUT2D eigenvalue weighted by Crippen LogP contribution is 2.30. The number of methoxy groups -OCH3 is 1. The van der Waals surface area contributed by atoms with Crippen molar-refractivity contribution in [3.05, 3.63) is 99.6 Å². The molecule has 0 heterocycles. The van der Waals surface area contributed by atoms with Crippen molar-refractivity contribution in [3.63, 3.8) is 0 Å². The van der Waals surface area contributed by atoms with Crippen LogP contribution in [0.4, 0.5) is 5.69 Å². The molecule has 3 rings (SSSR count). The molecule has 0 saturated carbocycles. The Balaban J connectivity index is 1.75. The molecule has 0 saturated heterocycles. The Kier molecular flexibility index (Phi) is 8.62. The van der Waals surface area contributed by atoms with Crippen molar-refractivity contribution < 1.29 is 14.4 Å². The molecule has 180 valence electrons. The van der Waals surface area contributed by atoms with Crippen LogP contribution in [0.25, 0.3) is 0 Å². The number of rotatable bonds is 12. The summed E-state index contributed by atoms with van der Waals surface area (Å²) in [7, 11) is 1.64. The lowest BCUT2D eigenvalue weighted by Crippen LogP contribution is -2.38. The number of benzene rings is 3. The minimum atomic E-state index is -0.382. The number of hydrogen-bond donors (Lipinski definition) is 1. The van der Waals surface area contributed by atoms with Crippen molar-refractivity contribution in [1.82, 2.24) is 4.90 Å². The molecule has 3 aromatic rings. The van der Waals surface area contributed by atoms with Gasteiger partial charge in [0.1, 0.15) is 6.61 Å². The molecule has 0 aliphatic carbocycles. The van der Waals surface area contributed by atoms with E-state index in [1.165, 1.54) is 0 Å². The predicted molar refractivity (Wildman–Crippen MR) is 134 cm³/mol. The Bertz CT molecular complexity index is 1070. The number of nitrogens with zero attached hydrogens (tertiary/aromatic N) is 2. The first-order chi connectivity index (χ1) is 16.3. The van der Waals surface area contributed by atoms with Crippen molar-refractivity contribution in [3.8, 4) is 11.5 Å². The third-order valence-electron chi connectivity index (χ3n) is 5.63. The fourth-order valence-electron chi connectivity index (χ4n) is 3.74. The van der Waals surface area contributed by atoms with Gasteiger partial charge in [-0.2, -0.15) is 0 Å². The minimum Gasteiger partial charge on any atom is -0.493 e. The smallest absolute Gasteiger partial charge is 0.269 e. The topological polar surface area (TPSA) is 90.9 Å². The Morgan fingerprint density at radius 2 is 1.56 bits per heavy atom. The zero-order valence-corrected chi connectivity index (χ0v) is 20.1. The molecule has 0 amide bonds. The van der Waals surface area contributed by atoms with Gasteiger partial charge >= 0.3 is 0 Å². The zero-order valence-electron chi connectivity index (χ0n) is 20.1. The van der Waals surface area contributed by atoms with Gasteiger partial charge in [-0.3, -0.25) is 15.0 Å². The van der Waals surface area contributed by atoms with Crippen molar-refractivity contribution in [2.24, 2.45) is 11.1 Å². The van der Waals surface area contributed by atoms with E-state index < -0.39 is 0 Å². The first-order valence-electron chi connectivity index (χ1n) is 11.3. The van der Waals surface area contributed by atoms with E-state index in [1.54, 1.807) is 19.2 Å². The van der Waals surface area contributed by atoms with E-state index in [-0.39, 0.29) is 16.0 Å². The van der Waals surface area contributed by atoms with E-state index in [2.05, 4.69) is 18.7 Å². The fraction of sp³-hybridized carbons (Fsp3) is 0.333. The average molecular weight is 464 g/mol. The quantitative estimate of drug-likeness (QED) is 0.294. The van der Waals surface area contributed by atoms with Gasteiger partial charge in [0.05, 0.1) is 12.0 Å². The second-order valence-corrected chi connectivity index (χ2v) is 9.20. The molecule has 0 atom stereocenters. The van der Waals surface area contributed by atoms with Crippen molar-refractivity contribution in [2.75, 3.05) is 20.2 Å². The molecule has 7 heteroatoms. The molecule has 0 radical (unpaired) electrons. The van der Waals surface area contributed by atoms with Crippen LogP contribution in [0.5, 0.6) is 11.5 Å². The summed E-state index contributed by atoms with van der Waals surface area (Å²) < 4.78 is 11.6. The third kappa shape index (κ3) is 7.30. The van der Waals surface area contributed by atoms with E-state index in [0.717, 1.165) is 23.2 Å². The Morgan fingerprint density at radius 3 is 2.18 bits per heavy atom. The van der Waals surface area contributed by atoms with Crippen molar-refractivity contribution in [2.45, 2.75) is 33.5 Å². The molecule has 0 fully saturated rings. The van der Waals surface area contributed by atoms with E-state index in [9.17, 15) is 10.1 Å². The maximum absolute atomic E-state index is 11.0. The second kappa shape index (κ2) is 11.6. The average Bonchev–Trinajstić information content (AvgIpc) is 2.83. The number of hydrogen-bond acceptors (Lipinski definition) is 6. The SMILES string of the molecule is COc1cc(CN(Cc2ccc([N+](=O)[O-])cc2)CC(C)(C)CN)ccc1OCc1ccccc1. The van der Waals surface area contributed by atoms with Crippen molar-refractivity contribution in [1.29, 1.82) is 0 Å². The van der Waals surface area contributed by atoms with Gasteiger partial charge in [-0.25, -0.2) is 0 Å². The van der Waals surface area contributed by atoms with Crippen LogP contribution < -0.4 is 15.2 Å². The summed E-state index contributed by atoms with van der Waals surface area (Å²) in [6.07, 6.45) is 0. The van der Waals surface area contributed by atoms with Gasteiger partial charge in [0.15, 0.2) is 11.5 Å². The second-order valence-electron chi connectivity index (χ2n) is 9.20. The molecule has 0 aliphatic heterocycles. The van der Waals surface area contributed by atoms with Crippen LogP contribution in [0.2, 0.25) is 0 Å². The van der Waals surface area contributed by atoms with Gasteiger partial charge in [0.25, 0.3) is 5.69 Å². The standard InChI is InChI=1S/C27H33N3O4/c1-27(2,19-28)20-29(16-21-9-12-24(13-10-21)30(31)32)17-23-11-14-25(26(15-23)33-3)34-18-22-7-5-4-6-8-22/h4-15H,16-20,28H2,1-3H3. The molecule has 3 aromatic carbocycles. The van der Waals surface area contributed by atoms with Gasteiger partial charge in [0.2, 0.25) is 0 Å². The lowest BCUT2D eigenvalue weighted by Gasteiger charge is -2.32. The van der Waals surface area contributed by atoms with Crippen LogP contribution in [0, 0.1) is 15.5 Å². The minimum absolute atomic E-state index is 0.0798. The van der Waals surface area contributed by atoms with Crippen LogP contribution in [-0.2, 0) is 19.7 Å². The molecule has 0 aromatic heterocycles. The monoisotopic (exact) mass is 463 g/mol. The normalized spacial score (nSPS) is 11.4. The molecular weight excluding hydrogens is 430 g/mol. The summed E-state index contributed by atoms with van der Waals surface area (Å²) in [6, 6.07) is 22.7. The lowest BCUT2D eigenvalue weighted by atomic mass is 9.92. The van der Waals surface area contributed by atoms with Crippen LogP contribution in [0.3, 0.4) is 0 Å². The van der Waals surface area contributed by atoms with Crippen LogP contribution in [-0.4, -0.2) is 30.0 Å². The van der Waals surface area contributed by atoms with E-state index in [4.69, 9.17) is 15.2 Å². The molecule has 0 aliphatic rings. The Hall–Kier alpha value is -3.42. The number of non-ortho nitro benzene ring substituents is 1. The van der Waals surface area contributed by atoms with E-state index in [0.29, 0.717) is 37.7 Å². The van der Waals surface area contributed by atoms with Crippen molar-refractivity contribution >= 4 is 5.69 Å². The largest absolute Gasteiger partial charge is 0.493 e. The molecule has 0 bridgehead atoms. The summed E-state index contributed by atoms with van der Waals surface area (Å²) in [5.41, 5.74) is 9.19. The number of nitro benzene ring substituents is 1. The van der Waals surface area contributed by atoms with Gasteiger partial charge < -0.3 is 15.2 Å². The molecule has 7 nitrogen and oxygen atoms in total. The maximum Gasteiger partial charge on any atom is 0.269 e. The predicted octanol–water partition coefficient (Wildman–Crippen LogP) is 5.17. The lowest BCUT2D eigenvalue weighted by molar-refractivity contribution is -0.384. The third-order valence-corrected chi connectivity index (χ3v) is 5.63. The highest BCUT2D eigenvalue weighted by molar-refractivity contribution is 5.43. The summed E-state index contributed by atoms with van der Waals surface area (Å²) in [5, 5.41) is 11.0. The van der Waals surface area contributed by atoms with Gasteiger partial charge in [-0.1, -0.05) is 62.4 Å². The summed E-state index contributed by atoms with van der Waals surface area (Å²) in [6.45, 7) is 7.39. The van der Waals surface area contributed by atoms with Crippen LogP contribution in [0.1, 0.15) is 30.5 Å². The molecule has 0 spiro atoms. The Morgan fingerprint density at radius 1 is 0.912 bits per heavy atom. The van der Waals surface area contributed by atoms with E-state index in [1.807, 2.05) is 60.7 Å². The summed E-state index contributed by atoms with van der Waals surface area (Å²) in [5.74, 6) is 1.38. The van der Waals surface area contributed by atoms with Gasteiger partial charge in [-0.15, -0.1) is 0 Å². The maximum atomic E-state index is 11.0. The Labute approximate surface area is 201 Å². The number of nitrogens with two attached hydrogens (primary N) is 1. The number of nitro groups is 1. The van der Waals surface area contributed by atoms with Gasteiger partial charge in [0, 0.05) is 31.8 Å². The summed E-state index contributed by atoms with van der Waals surface area (Å²) >= 11 is 0. The van der Waals surface area contributed by atoms with Gasteiger partial charge in [-0.05, 0) is 40.8 Å². The van der Waals surface area contributed by atoms with Crippen LogP contribution in [0.15, 0.2) is 72.8 Å². The fourth-order valence-corrected chi connectivity index (χ4v) is 3.74. The highest BCUT2D eigenvalue weighted by Gasteiger charge is 2.21.